The minimum absolute atomic E-state index is 0.0419. The molecule has 0 bridgehead atoms. The number of ether oxygens (including phenoxy) is 2. The van der Waals surface area contributed by atoms with Gasteiger partial charge >= 0.3 is 0 Å². The lowest BCUT2D eigenvalue weighted by atomic mass is 9.91. The molecule has 1 aliphatic rings. The number of aliphatic hydroxyl groups is 1. The zero-order chi connectivity index (χ0) is 30.7. The molecule has 224 valence electrons. The first-order chi connectivity index (χ1) is 20.7. The Morgan fingerprint density at radius 3 is 2.09 bits per heavy atom. The van der Waals surface area contributed by atoms with Crippen molar-refractivity contribution < 1.29 is 41.3 Å². The molecule has 3 aromatic carbocycles. The molecule has 0 saturated carbocycles. The van der Waals surface area contributed by atoms with Gasteiger partial charge in [-0.05, 0) is 35.4 Å². The van der Waals surface area contributed by atoms with Gasteiger partial charge in [0.25, 0.3) is 5.91 Å². The highest BCUT2D eigenvalue weighted by atomic mass is 32.2. The molecule has 4 atom stereocenters. The molecular weight excluding hydrogens is 591 g/mol. The van der Waals surface area contributed by atoms with Crippen molar-refractivity contribution in [2.45, 2.75) is 37.1 Å². The Labute approximate surface area is 247 Å². The summed E-state index contributed by atoms with van der Waals surface area (Å²) >= 11 is 1.53. The molecule has 1 saturated heterocycles. The Hall–Kier alpha value is -3.84. The van der Waals surface area contributed by atoms with E-state index in [1.165, 1.54) is 23.9 Å². The maximum absolute atomic E-state index is 14.1. The summed E-state index contributed by atoms with van der Waals surface area (Å²) in [7, 11) is 0. The van der Waals surface area contributed by atoms with Gasteiger partial charge in [0.15, 0.2) is 29.6 Å². The second-order valence-electron chi connectivity index (χ2n) is 9.82. The second kappa shape index (κ2) is 13.2. The summed E-state index contributed by atoms with van der Waals surface area (Å²) in [4.78, 5) is 16.8. The number of nitrogens with zero attached hydrogens (tertiary/aromatic N) is 1. The predicted molar refractivity (Wildman–Crippen MR) is 149 cm³/mol. The van der Waals surface area contributed by atoms with Crippen molar-refractivity contribution in [3.8, 4) is 0 Å². The van der Waals surface area contributed by atoms with Crippen LogP contribution in [0.3, 0.4) is 0 Å². The maximum atomic E-state index is 14.1. The third-order valence-electron chi connectivity index (χ3n) is 7.03. The Balaban J connectivity index is 1.36. The summed E-state index contributed by atoms with van der Waals surface area (Å²) in [5.74, 6) is -12.2. The molecule has 1 amide bonds. The van der Waals surface area contributed by atoms with Gasteiger partial charge in [0.1, 0.15) is 5.56 Å². The molecule has 2 N–H and O–H groups in total. The molecule has 4 aromatic rings. The Bertz CT molecular complexity index is 1560. The Kier molecular flexibility index (Phi) is 9.40. The van der Waals surface area contributed by atoms with Gasteiger partial charge in [-0.15, -0.1) is 11.8 Å². The lowest BCUT2D eigenvalue weighted by Crippen LogP contribution is -2.38. The van der Waals surface area contributed by atoms with Crippen LogP contribution in [0.1, 0.15) is 46.4 Å². The molecular formula is C31H25F5N2O4S. The van der Waals surface area contributed by atoms with Crippen LogP contribution in [0.15, 0.2) is 78.0 Å². The second-order valence-corrected chi connectivity index (χ2v) is 10.9. The largest absolute Gasteiger partial charge is 0.392 e. The number of carbonyl (C=O) groups is 1. The zero-order valence-corrected chi connectivity index (χ0v) is 23.4. The van der Waals surface area contributed by atoms with E-state index in [1.54, 1.807) is 18.3 Å². The number of pyridine rings is 1. The standard InChI is InChI=1S/C31H25F5N2O4S/c1-16-21(15-43-22-4-2-3-13-37-22)41-31(42-29(16)18-7-5-17(14-39)6-8-18)19-9-11-20(12-10-19)38-30(40)23-24(32)26(34)28(36)27(35)25(23)33/h2-13,16,21,29,31,39H,14-15H2,1H3,(H,38,40). The van der Waals surface area contributed by atoms with Crippen LogP contribution in [0, 0.1) is 35.0 Å². The molecule has 0 aliphatic carbocycles. The van der Waals surface area contributed by atoms with E-state index in [0.717, 1.165) is 16.2 Å². The maximum Gasteiger partial charge on any atom is 0.261 e. The van der Waals surface area contributed by atoms with Gasteiger partial charge in [0, 0.05) is 29.1 Å². The van der Waals surface area contributed by atoms with Gasteiger partial charge in [0.05, 0.1) is 23.8 Å². The van der Waals surface area contributed by atoms with Crippen molar-refractivity contribution in [2.24, 2.45) is 5.92 Å². The van der Waals surface area contributed by atoms with Gasteiger partial charge in [-0.2, -0.15) is 0 Å². The van der Waals surface area contributed by atoms with Crippen LogP contribution in [0.4, 0.5) is 27.6 Å². The van der Waals surface area contributed by atoms with E-state index in [2.05, 4.69) is 10.3 Å². The summed E-state index contributed by atoms with van der Waals surface area (Å²) in [5, 5.41) is 12.4. The number of benzene rings is 3. The number of thioether (sulfide) groups is 1. The van der Waals surface area contributed by atoms with Crippen molar-refractivity contribution in [3.05, 3.63) is 124 Å². The minimum atomic E-state index is -2.35. The van der Waals surface area contributed by atoms with Crippen molar-refractivity contribution in [2.75, 3.05) is 11.1 Å². The summed E-state index contributed by atoms with van der Waals surface area (Å²) in [6, 6.07) is 18.9. The van der Waals surface area contributed by atoms with Gasteiger partial charge in [-0.25, -0.2) is 26.9 Å². The van der Waals surface area contributed by atoms with Gasteiger partial charge < -0.3 is 19.9 Å². The number of amides is 1. The van der Waals surface area contributed by atoms with E-state index in [4.69, 9.17) is 9.47 Å². The topological polar surface area (TPSA) is 80.7 Å². The number of hydrogen-bond acceptors (Lipinski definition) is 6. The number of rotatable bonds is 8. The fraction of sp³-hybridized carbons (Fsp3) is 0.226. The highest BCUT2D eigenvalue weighted by Crippen LogP contribution is 2.43. The highest BCUT2D eigenvalue weighted by molar-refractivity contribution is 7.99. The van der Waals surface area contributed by atoms with Crippen LogP contribution in [0.5, 0.6) is 0 Å². The fourth-order valence-electron chi connectivity index (χ4n) is 4.63. The first kappa shape index (κ1) is 30.6. The highest BCUT2D eigenvalue weighted by Gasteiger charge is 2.38. The van der Waals surface area contributed by atoms with Crippen LogP contribution in [0.2, 0.25) is 0 Å². The molecule has 1 aromatic heterocycles. The molecule has 4 unspecified atom stereocenters. The van der Waals surface area contributed by atoms with Crippen molar-refractivity contribution in [1.82, 2.24) is 4.98 Å². The van der Waals surface area contributed by atoms with Crippen LogP contribution in [-0.4, -0.2) is 27.9 Å². The number of halogens is 5. The number of aliphatic hydroxyl groups excluding tert-OH is 1. The van der Waals surface area contributed by atoms with Crippen LogP contribution < -0.4 is 5.32 Å². The number of nitrogens with one attached hydrogen (secondary N) is 1. The van der Waals surface area contributed by atoms with E-state index < -0.39 is 46.8 Å². The molecule has 5 rings (SSSR count). The molecule has 12 heteroatoms. The quantitative estimate of drug-likeness (QED) is 0.0952. The number of aromatic nitrogens is 1. The molecule has 0 spiro atoms. The lowest BCUT2D eigenvalue weighted by molar-refractivity contribution is -0.268. The molecule has 43 heavy (non-hydrogen) atoms. The SMILES string of the molecule is CC1C(CSc2ccccn2)OC(c2ccc(NC(=O)c3c(F)c(F)c(F)c(F)c3F)cc2)OC1c1ccc(CO)cc1. The first-order valence-corrected chi connectivity index (χ1v) is 14.1. The minimum Gasteiger partial charge on any atom is -0.392 e. The van der Waals surface area contributed by atoms with Crippen LogP contribution >= 0.6 is 11.8 Å². The summed E-state index contributed by atoms with van der Waals surface area (Å²) in [5.41, 5.74) is 0.659. The molecule has 0 radical (unpaired) electrons. The smallest absolute Gasteiger partial charge is 0.261 e. The lowest BCUT2D eigenvalue weighted by Gasteiger charge is -2.41. The third-order valence-corrected chi connectivity index (χ3v) is 8.07. The van der Waals surface area contributed by atoms with Gasteiger partial charge in [-0.1, -0.05) is 49.4 Å². The van der Waals surface area contributed by atoms with Crippen molar-refractivity contribution >= 4 is 23.4 Å². The van der Waals surface area contributed by atoms with Crippen molar-refractivity contribution in [1.29, 1.82) is 0 Å². The first-order valence-electron chi connectivity index (χ1n) is 13.1. The number of carbonyl (C=O) groups excluding carboxylic acids is 1. The Morgan fingerprint density at radius 2 is 1.49 bits per heavy atom. The summed E-state index contributed by atoms with van der Waals surface area (Å²) in [6.45, 7) is 1.92. The molecule has 1 aliphatic heterocycles. The van der Waals surface area contributed by atoms with Crippen LogP contribution in [0.25, 0.3) is 0 Å². The van der Waals surface area contributed by atoms with E-state index in [9.17, 15) is 31.9 Å². The molecule has 1 fully saturated rings. The average molecular weight is 617 g/mol. The van der Waals surface area contributed by atoms with Crippen LogP contribution in [-0.2, 0) is 16.1 Å². The number of anilines is 1. The van der Waals surface area contributed by atoms with E-state index >= 15 is 0 Å². The number of hydrogen-bond donors (Lipinski definition) is 2. The van der Waals surface area contributed by atoms with Crippen molar-refractivity contribution in [3.63, 3.8) is 0 Å². The van der Waals surface area contributed by atoms with E-state index in [1.807, 2.05) is 49.4 Å². The zero-order valence-electron chi connectivity index (χ0n) is 22.6. The monoisotopic (exact) mass is 616 g/mol. The van der Waals surface area contributed by atoms with Gasteiger partial charge in [0.2, 0.25) is 5.82 Å². The summed E-state index contributed by atoms with van der Waals surface area (Å²) in [6.07, 6.45) is 0.209. The van der Waals surface area contributed by atoms with E-state index in [-0.39, 0.29) is 30.4 Å². The Morgan fingerprint density at radius 1 is 0.860 bits per heavy atom. The van der Waals surface area contributed by atoms with Gasteiger partial charge in [-0.3, -0.25) is 4.79 Å². The predicted octanol–water partition coefficient (Wildman–Crippen LogP) is 7.11. The average Bonchev–Trinajstić information content (AvgIpc) is 3.03. The molecule has 6 nitrogen and oxygen atoms in total. The summed E-state index contributed by atoms with van der Waals surface area (Å²) < 4.78 is 81.4. The normalized spacial score (nSPS) is 20.2. The molecule has 2 heterocycles. The fourth-order valence-corrected chi connectivity index (χ4v) is 5.66. The third kappa shape index (κ3) is 6.57. The van der Waals surface area contributed by atoms with E-state index in [0.29, 0.717) is 11.3 Å².